The van der Waals surface area contributed by atoms with Crippen LogP contribution in [0.4, 0.5) is 0 Å². The first kappa shape index (κ1) is 18.2. The molecule has 0 saturated heterocycles. The van der Waals surface area contributed by atoms with Gasteiger partial charge in [-0.25, -0.2) is 9.78 Å². The third-order valence-electron chi connectivity index (χ3n) is 4.32. The molecule has 28 heavy (non-hydrogen) atoms. The molecule has 0 aliphatic carbocycles. The minimum Gasteiger partial charge on any atom is -0.497 e. The van der Waals surface area contributed by atoms with Crippen LogP contribution in [-0.2, 0) is 17.8 Å². The summed E-state index contributed by atoms with van der Waals surface area (Å²) in [6, 6.07) is 6.61. The number of ether oxygens (including phenoxy) is 2. The Morgan fingerprint density at radius 2 is 2.14 bits per heavy atom. The molecule has 0 fully saturated rings. The maximum absolute atomic E-state index is 12.5. The van der Waals surface area contributed by atoms with Crippen molar-refractivity contribution in [3.05, 3.63) is 56.6 Å². The van der Waals surface area contributed by atoms with Crippen molar-refractivity contribution in [2.24, 2.45) is 0 Å². The molecular formula is C19H17N3O5S. The van der Waals surface area contributed by atoms with Crippen molar-refractivity contribution in [3.8, 4) is 5.75 Å². The zero-order valence-corrected chi connectivity index (χ0v) is 16.3. The topological polar surface area (TPSA) is 95.9 Å². The Labute approximate surface area is 163 Å². The van der Waals surface area contributed by atoms with Crippen LogP contribution in [0.2, 0.25) is 0 Å². The Morgan fingerprint density at radius 1 is 1.32 bits per heavy atom. The maximum atomic E-state index is 12.5. The number of hydrogen-bond acceptors (Lipinski definition) is 8. The van der Waals surface area contributed by atoms with E-state index in [2.05, 4.69) is 10.1 Å². The van der Waals surface area contributed by atoms with Gasteiger partial charge in [0.05, 0.1) is 12.8 Å². The summed E-state index contributed by atoms with van der Waals surface area (Å²) in [5.74, 6) is 0.172. The average molecular weight is 399 g/mol. The van der Waals surface area contributed by atoms with Gasteiger partial charge in [-0.3, -0.25) is 4.79 Å². The third kappa shape index (κ3) is 3.13. The highest BCUT2D eigenvalue weighted by Gasteiger charge is 2.20. The number of nitrogens with zero attached hydrogens (tertiary/aromatic N) is 3. The van der Waals surface area contributed by atoms with Crippen LogP contribution in [-0.4, -0.2) is 27.7 Å². The summed E-state index contributed by atoms with van der Waals surface area (Å²) in [5.41, 5.74) is 1.29. The maximum Gasteiger partial charge on any atom is 0.374 e. The number of aromatic nitrogens is 3. The lowest BCUT2D eigenvalue weighted by molar-refractivity contribution is 0.0432. The molecule has 4 aromatic rings. The average Bonchev–Trinajstić information content (AvgIpc) is 3.27. The van der Waals surface area contributed by atoms with E-state index in [9.17, 15) is 9.59 Å². The SMILES string of the molecule is CCc1nn2c(=O)cc(COC(=O)c3oc4ccc(OC)cc4c3C)nc2s1. The van der Waals surface area contributed by atoms with Gasteiger partial charge in [-0.1, -0.05) is 18.3 Å². The Hall–Kier alpha value is -3.20. The molecule has 3 heterocycles. The quantitative estimate of drug-likeness (QED) is 0.476. The van der Waals surface area contributed by atoms with Crippen molar-refractivity contribution in [1.82, 2.24) is 14.6 Å². The van der Waals surface area contributed by atoms with Gasteiger partial charge in [-0.15, -0.1) is 0 Å². The Balaban J connectivity index is 1.57. The van der Waals surface area contributed by atoms with Gasteiger partial charge in [0.1, 0.15) is 22.9 Å². The first-order valence-electron chi connectivity index (χ1n) is 8.63. The van der Waals surface area contributed by atoms with Gasteiger partial charge in [0.2, 0.25) is 10.7 Å². The molecule has 0 radical (unpaired) electrons. The first-order chi connectivity index (χ1) is 13.5. The standard InChI is InChI=1S/C19H17N3O5S/c1-4-15-21-22-16(23)7-11(20-19(22)28-15)9-26-18(24)17-10(2)13-8-12(25-3)5-6-14(13)27-17/h5-8H,4,9H2,1-3H3. The second kappa shape index (κ2) is 7.08. The molecule has 8 nitrogen and oxygen atoms in total. The fourth-order valence-corrected chi connectivity index (χ4v) is 3.70. The molecule has 0 bridgehead atoms. The molecule has 0 unspecified atom stereocenters. The van der Waals surface area contributed by atoms with Crippen molar-refractivity contribution in [2.75, 3.05) is 7.11 Å². The summed E-state index contributed by atoms with van der Waals surface area (Å²) in [4.78, 5) is 29.5. The van der Waals surface area contributed by atoms with E-state index in [4.69, 9.17) is 13.9 Å². The number of furan rings is 1. The van der Waals surface area contributed by atoms with Gasteiger partial charge in [-0.2, -0.15) is 9.61 Å². The molecule has 0 saturated carbocycles. The van der Waals surface area contributed by atoms with Crippen LogP contribution >= 0.6 is 11.3 Å². The van der Waals surface area contributed by atoms with Gasteiger partial charge in [0, 0.05) is 17.0 Å². The number of carbonyl (C=O) groups is 1. The summed E-state index contributed by atoms with van der Waals surface area (Å²) in [6.07, 6.45) is 0.716. The van der Waals surface area contributed by atoms with Crippen molar-refractivity contribution in [3.63, 3.8) is 0 Å². The smallest absolute Gasteiger partial charge is 0.374 e. The van der Waals surface area contributed by atoms with E-state index >= 15 is 0 Å². The zero-order chi connectivity index (χ0) is 19.8. The van der Waals surface area contributed by atoms with Crippen LogP contribution in [0.5, 0.6) is 5.75 Å². The Morgan fingerprint density at radius 3 is 2.89 bits per heavy atom. The van der Waals surface area contributed by atoms with Crippen molar-refractivity contribution < 1.29 is 18.7 Å². The van der Waals surface area contributed by atoms with Crippen LogP contribution in [0, 0.1) is 6.92 Å². The van der Waals surface area contributed by atoms with Gasteiger partial charge in [0.15, 0.2) is 0 Å². The van der Waals surface area contributed by atoms with E-state index < -0.39 is 5.97 Å². The van der Waals surface area contributed by atoms with Crippen LogP contribution in [0.25, 0.3) is 15.9 Å². The number of benzene rings is 1. The van der Waals surface area contributed by atoms with Crippen molar-refractivity contribution in [2.45, 2.75) is 26.9 Å². The molecule has 0 N–H and O–H groups in total. The second-order valence-corrected chi connectivity index (χ2v) is 7.16. The van der Waals surface area contributed by atoms with Gasteiger partial charge in [0.25, 0.3) is 5.56 Å². The first-order valence-corrected chi connectivity index (χ1v) is 9.44. The highest BCUT2D eigenvalue weighted by molar-refractivity contribution is 7.16. The molecule has 0 aliphatic heterocycles. The number of rotatable bonds is 5. The number of esters is 1. The summed E-state index contributed by atoms with van der Waals surface area (Å²) in [7, 11) is 1.57. The predicted octanol–water partition coefficient (Wildman–Crippen LogP) is 3.13. The largest absolute Gasteiger partial charge is 0.497 e. The van der Waals surface area contributed by atoms with Crippen LogP contribution < -0.4 is 10.3 Å². The molecule has 3 aromatic heterocycles. The molecule has 1 aromatic carbocycles. The second-order valence-electron chi connectivity index (χ2n) is 6.12. The number of fused-ring (bicyclic) bond motifs is 2. The highest BCUT2D eigenvalue weighted by atomic mass is 32.1. The van der Waals surface area contributed by atoms with Gasteiger partial charge >= 0.3 is 5.97 Å². The lowest BCUT2D eigenvalue weighted by atomic mass is 10.1. The molecule has 0 amide bonds. The van der Waals surface area contributed by atoms with Gasteiger partial charge < -0.3 is 13.9 Å². The lowest BCUT2D eigenvalue weighted by Crippen LogP contribution is -2.16. The zero-order valence-electron chi connectivity index (χ0n) is 15.5. The number of carbonyl (C=O) groups excluding carboxylic acids is 1. The molecule has 0 spiro atoms. The number of hydrogen-bond donors (Lipinski definition) is 0. The number of aryl methyl sites for hydroxylation is 2. The van der Waals surface area contributed by atoms with Crippen LogP contribution in [0.3, 0.4) is 0 Å². The molecule has 0 aliphatic rings. The summed E-state index contributed by atoms with van der Waals surface area (Å²) in [6.45, 7) is 3.60. The summed E-state index contributed by atoms with van der Waals surface area (Å²) in [5, 5.41) is 5.78. The van der Waals surface area contributed by atoms with Crippen molar-refractivity contribution >= 4 is 33.2 Å². The minimum atomic E-state index is -0.617. The molecular weight excluding hydrogens is 382 g/mol. The van der Waals surface area contributed by atoms with E-state index in [0.717, 1.165) is 10.4 Å². The van der Waals surface area contributed by atoms with E-state index in [1.54, 1.807) is 32.2 Å². The molecule has 4 rings (SSSR count). The minimum absolute atomic E-state index is 0.118. The molecule has 0 atom stereocenters. The van der Waals surface area contributed by atoms with E-state index in [-0.39, 0.29) is 17.9 Å². The fraction of sp³-hybridized carbons (Fsp3) is 0.263. The Kier molecular flexibility index (Phi) is 4.60. The van der Waals surface area contributed by atoms with Gasteiger partial charge in [-0.05, 0) is 31.5 Å². The van der Waals surface area contributed by atoms with Crippen molar-refractivity contribution in [1.29, 1.82) is 0 Å². The third-order valence-corrected chi connectivity index (χ3v) is 5.38. The van der Waals surface area contributed by atoms with Crippen LogP contribution in [0.1, 0.15) is 33.7 Å². The number of methoxy groups -OCH3 is 1. The monoisotopic (exact) mass is 399 g/mol. The van der Waals surface area contributed by atoms with E-state index in [0.29, 0.717) is 34.0 Å². The highest BCUT2D eigenvalue weighted by Crippen LogP contribution is 2.29. The lowest BCUT2D eigenvalue weighted by Gasteiger charge is -2.03. The summed E-state index contributed by atoms with van der Waals surface area (Å²) < 4.78 is 17.4. The predicted molar refractivity (Wildman–Crippen MR) is 103 cm³/mol. The van der Waals surface area contributed by atoms with Crippen LogP contribution in [0.15, 0.2) is 33.5 Å². The van der Waals surface area contributed by atoms with E-state index in [1.807, 2.05) is 6.92 Å². The Bertz CT molecular complexity index is 1250. The molecule has 144 valence electrons. The fourth-order valence-electron chi connectivity index (χ4n) is 2.84. The normalized spacial score (nSPS) is 11.2. The molecule has 9 heteroatoms. The van der Waals surface area contributed by atoms with E-state index in [1.165, 1.54) is 21.9 Å². The summed E-state index contributed by atoms with van der Waals surface area (Å²) >= 11 is 1.34.